The number of fused-ring (bicyclic) bond motifs is 1. The second-order valence-electron chi connectivity index (χ2n) is 9.28. The largest absolute Gasteiger partial charge is 0.390 e. The lowest BCUT2D eigenvalue weighted by Crippen LogP contribution is -2.44. The summed E-state index contributed by atoms with van der Waals surface area (Å²) in [5.74, 6) is -0.372. The molecule has 1 aromatic carbocycles. The standard InChI is InChI=1S/C24H26F4N8O2/c1-14(2)21-31-32-33-36(21)20-6-4-5-19(29-20)30-22(37)17-11-16-13-35(9-7-15(16)12-18(17)25)23(38)34(3)10-8-24(26,27)28/h4-6,11-12,14H,7-10,13H2,1-3H3,(H,29,30,37). The van der Waals surface area contributed by atoms with E-state index in [1.165, 1.54) is 34.8 Å². The van der Waals surface area contributed by atoms with E-state index < -0.39 is 36.9 Å². The summed E-state index contributed by atoms with van der Waals surface area (Å²) in [5, 5.41) is 14.2. The zero-order valence-electron chi connectivity index (χ0n) is 21.0. The summed E-state index contributed by atoms with van der Waals surface area (Å²) in [6.45, 7) is 3.62. The normalized spacial score (nSPS) is 13.4. The SMILES string of the molecule is CC(C)c1nnnn1-c1cccc(NC(=O)c2cc3c(cc2F)CCN(C(=O)N(C)CCC(F)(F)F)C3)n1. The number of nitrogens with zero attached hydrogens (tertiary/aromatic N) is 7. The second-order valence-corrected chi connectivity index (χ2v) is 9.28. The summed E-state index contributed by atoms with van der Waals surface area (Å²) in [7, 11) is 1.30. The summed E-state index contributed by atoms with van der Waals surface area (Å²) < 4.78 is 53.9. The number of carbonyl (C=O) groups excluding carboxylic acids is 2. The molecule has 1 aliphatic heterocycles. The van der Waals surface area contributed by atoms with E-state index in [0.29, 0.717) is 29.2 Å². The van der Waals surface area contributed by atoms with Crippen LogP contribution in [0, 0.1) is 5.82 Å². The first-order valence-electron chi connectivity index (χ1n) is 11.9. The van der Waals surface area contributed by atoms with Gasteiger partial charge >= 0.3 is 12.2 Å². The molecular weight excluding hydrogens is 508 g/mol. The third-order valence-corrected chi connectivity index (χ3v) is 6.08. The lowest BCUT2D eigenvalue weighted by atomic mass is 9.96. The maximum atomic E-state index is 14.9. The molecule has 0 unspecified atom stereocenters. The minimum Gasteiger partial charge on any atom is -0.327 e. The number of halogens is 4. The van der Waals surface area contributed by atoms with Crippen molar-refractivity contribution in [2.75, 3.05) is 25.5 Å². The fraction of sp³-hybridized carbons (Fsp3) is 0.417. The summed E-state index contributed by atoms with van der Waals surface area (Å²) in [5.41, 5.74) is 0.916. The van der Waals surface area contributed by atoms with Gasteiger partial charge in [0.25, 0.3) is 5.91 Å². The highest BCUT2D eigenvalue weighted by Crippen LogP contribution is 2.25. The van der Waals surface area contributed by atoms with Crippen LogP contribution in [0.5, 0.6) is 0 Å². The predicted octanol–water partition coefficient (Wildman–Crippen LogP) is 3.93. The van der Waals surface area contributed by atoms with Crippen LogP contribution in [0.4, 0.5) is 28.2 Å². The number of aromatic nitrogens is 5. The molecule has 0 bridgehead atoms. The molecule has 1 N–H and O–H groups in total. The quantitative estimate of drug-likeness (QED) is 0.480. The maximum absolute atomic E-state index is 14.9. The molecule has 2 aromatic heterocycles. The first-order chi connectivity index (χ1) is 17.9. The summed E-state index contributed by atoms with van der Waals surface area (Å²) in [6.07, 6.45) is -5.18. The Balaban J connectivity index is 1.49. The van der Waals surface area contributed by atoms with Crippen molar-refractivity contribution in [2.24, 2.45) is 0 Å². The Morgan fingerprint density at radius 1 is 1.18 bits per heavy atom. The van der Waals surface area contributed by atoms with E-state index in [1.54, 1.807) is 12.1 Å². The fourth-order valence-electron chi connectivity index (χ4n) is 4.06. The van der Waals surface area contributed by atoms with E-state index in [-0.39, 0.29) is 30.4 Å². The molecule has 0 radical (unpaired) electrons. The Hall–Kier alpha value is -4.10. The monoisotopic (exact) mass is 534 g/mol. The Bertz CT molecular complexity index is 1340. The lowest BCUT2D eigenvalue weighted by Gasteiger charge is -2.32. The number of urea groups is 1. The molecule has 0 atom stereocenters. The van der Waals surface area contributed by atoms with E-state index in [1.807, 2.05) is 13.8 Å². The zero-order valence-corrected chi connectivity index (χ0v) is 21.0. The van der Waals surface area contributed by atoms with E-state index in [0.717, 1.165) is 4.90 Å². The molecule has 4 rings (SSSR count). The highest BCUT2D eigenvalue weighted by atomic mass is 19.4. The average Bonchev–Trinajstić information content (AvgIpc) is 3.36. The molecule has 3 aromatic rings. The first kappa shape index (κ1) is 26.9. The van der Waals surface area contributed by atoms with Gasteiger partial charge in [-0.05, 0) is 52.2 Å². The van der Waals surface area contributed by atoms with Gasteiger partial charge in [0.05, 0.1) is 12.0 Å². The lowest BCUT2D eigenvalue weighted by molar-refractivity contribution is -0.136. The molecule has 202 valence electrons. The summed E-state index contributed by atoms with van der Waals surface area (Å²) in [4.78, 5) is 32.4. The molecule has 0 saturated heterocycles. The molecule has 10 nitrogen and oxygen atoms in total. The minimum absolute atomic E-state index is 0.0190. The Morgan fingerprint density at radius 2 is 1.95 bits per heavy atom. The highest BCUT2D eigenvalue weighted by molar-refractivity contribution is 6.04. The number of pyridine rings is 1. The number of benzene rings is 1. The van der Waals surface area contributed by atoms with Gasteiger partial charge in [0.1, 0.15) is 11.6 Å². The van der Waals surface area contributed by atoms with E-state index in [2.05, 4.69) is 25.8 Å². The maximum Gasteiger partial charge on any atom is 0.390 e. The molecule has 3 amide bonds. The van der Waals surface area contributed by atoms with Gasteiger partial charge in [-0.25, -0.2) is 14.2 Å². The summed E-state index contributed by atoms with van der Waals surface area (Å²) >= 11 is 0. The van der Waals surface area contributed by atoms with Gasteiger partial charge in [0.15, 0.2) is 11.6 Å². The van der Waals surface area contributed by atoms with Crippen molar-refractivity contribution in [1.82, 2.24) is 35.0 Å². The van der Waals surface area contributed by atoms with Crippen LogP contribution in [0.2, 0.25) is 0 Å². The molecule has 14 heteroatoms. The van der Waals surface area contributed by atoms with Gasteiger partial charge in [0, 0.05) is 32.6 Å². The summed E-state index contributed by atoms with van der Waals surface area (Å²) in [6, 6.07) is 6.88. The Labute approximate surface area is 215 Å². The van der Waals surface area contributed by atoms with Crippen LogP contribution in [-0.2, 0) is 13.0 Å². The number of hydrogen-bond acceptors (Lipinski definition) is 6. The number of tetrazole rings is 1. The van der Waals surface area contributed by atoms with Crippen molar-refractivity contribution >= 4 is 17.8 Å². The van der Waals surface area contributed by atoms with E-state index in [9.17, 15) is 27.2 Å². The number of amides is 3. The van der Waals surface area contributed by atoms with Crippen molar-refractivity contribution in [1.29, 1.82) is 0 Å². The molecule has 0 fully saturated rings. The first-order valence-corrected chi connectivity index (χ1v) is 11.9. The Morgan fingerprint density at radius 3 is 2.66 bits per heavy atom. The van der Waals surface area contributed by atoms with Crippen molar-refractivity contribution in [3.63, 3.8) is 0 Å². The number of alkyl halides is 3. The van der Waals surface area contributed by atoms with Gasteiger partial charge in [-0.3, -0.25) is 4.79 Å². The van der Waals surface area contributed by atoms with Crippen molar-refractivity contribution in [3.05, 3.63) is 58.7 Å². The number of hydrogen-bond donors (Lipinski definition) is 1. The van der Waals surface area contributed by atoms with Crippen LogP contribution in [0.15, 0.2) is 30.3 Å². The molecule has 3 heterocycles. The van der Waals surface area contributed by atoms with Gasteiger partial charge in [-0.2, -0.15) is 17.9 Å². The molecular formula is C24H26F4N8O2. The van der Waals surface area contributed by atoms with Gasteiger partial charge in [-0.1, -0.05) is 19.9 Å². The third kappa shape index (κ3) is 6.06. The minimum atomic E-state index is -4.37. The third-order valence-electron chi connectivity index (χ3n) is 6.08. The molecule has 0 saturated carbocycles. The topological polar surface area (TPSA) is 109 Å². The second kappa shape index (κ2) is 10.7. The van der Waals surface area contributed by atoms with Crippen LogP contribution in [0.25, 0.3) is 5.82 Å². The zero-order chi connectivity index (χ0) is 27.6. The average molecular weight is 535 g/mol. The van der Waals surface area contributed by atoms with E-state index >= 15 is 0 Å². The highest BCUT2D eigenvalue weighted by Gasteiger charge is 2.30. The van der Waals surface area contributed by atoms with Crippen LogP contribution in [-0.4, -0.2) is 73.2 Å². The van der Waals surface area contributed by atoms with Crippen molar-refractivity contribution in [2.45, 2.75) is 45.3 Å². The number of rotatable bonds is 6. The number of anilines is 1. The molecule has 38 heavy (non-hydrogen) atoms. The van der Waals surface area contributed by atoms with Crippen molar-refractivity contribution < 1.29 is 27.2 Å². The Kier molecular flexibility index (Phi) is 7.60. The number of carbonyl (C=O) groups is 2. The molecule has 0 aliphatic carbocycles. The smallest absolute Gasteiger partial charge is 0.327 e. The fourth-order valence-corrected chi connectivity index (χ4v) is 4.06. The van der Waals surface area contributed by atoms with Crippen LogP contribution in [0.3, 0.4) is 0 Å². The van der Waals surface area contributed by atoms with Gasteiger partial charge in [0.2, 0.25) is 0 Å². The van der Waals surface area contributed by atoms with Crippen LogP contribution in [0.1, 0.15) is 53.5 Å². The van der Waals surface area contributed by atoms with Crippen molar-refractivity contribution in [3.8, 4) is 5.82 Å². The van der Waals surface area contributed by atoms with E-state index in [4.69, 9.17) is 0 Å². The van der Waals surface area contributed by atoms with Gasteiger partial charge < -0.3 is 15.1 Å². The predicted molar refractivity (Wildman–Crippen MR) is 128 cm³/mol. The van der Waals surface area contributed by atoms with Crippen LogP contribution >= 0.6 is 0 Å². The van der Waals surface area contributed by atoms with Gasteiger partial charge in [-0.15, -0.1) is 5.10 Å². The number of nitrogens with one attached hydrogen (secondary N) is 1. The molecule has 0 spiro atoms. The van der Waals surface area contributed by atoms with Crippen LogP contribution < -0.4 is 5.32 Å². The molecule has 1 aliphatic rings.